The second kappa shape index (κ2) is 11.1. The summed E-state index contributed by atoms with van der Waals surface area (Å²) in [5.74, 6) is 0.495. The zero-order valence-electron chi connectivity index (χ0n) is 20.2. The number of alkyl halides is 3. The third-order valence-corrected chi connectivity index (χ3v) is 6.63. The normalized spacial score (nSPS) is 20.3. The molecule has 37 heavy (non-hydrogen) atoms. The van der Waals surface area contributed by atoms with Gasteiger partial charge in [0.05, 0.1) is 12.0 Å². The smallest absolute Gasteiger partial charge is 0.423 e. The molecule has 0 unspecified atom stereocenters. The summed E-state index contributed by atoms with van der Waals surface area (Å²) in [6.45, 7) is 2.44. The van der Waals surface area contributed by atoms with Gasteiger partial charge >= 0.3 is 12.3 Å². The summed E-state index contributed by atoms with van der Waals surface area (Å²) >= 11 is 0. The van der Waals surface area contributed by atoms with Gasteiger partial charge in [-0.3, -0.25) is 10.1 Å². The molecule has 0 radical (unpaired) electrons. The Bertz CT molecular complexity index is 1120. The molecule has 1 aromatic heterocycles. The molecular weight excluding hydrogens is 495 g/mol. The van der Waals surface area contributed by atoms with Gasteiger partial charge in [0.25, 0.3) is 5.69 Å². The first-order chi connectivity index (χ1) is 17.6. The number of carbonyl (C=O) groups is 1. The third kappa shape index (κ3) is 6.52. The Morgan fingerprint density at radius 3 is 2.43 bits per heavy atom. The molecule has 1 N–H and O–H groups in total. The van der Waals surface area contributed by atoms with Crippen LogP contribution in [-0.2, 0) is 10.9 Å². The molecule has 1 amide bonds. The highest BCUT2D eigenvalue weighted by Gasteiger charge is 2.38. The van der Waals surface area contributed by atoms with Crippen molar-refractivity contribution in [3.05, 3.63) is 52.2 Å². The average molecular weight is 524 g/mol. The van der Waals surface area contributed by atoms with E-state index in [1.807, 2.05) is 12.1 Å². The minimum atomic E-state index is -4.82. The van der Waals surface area contributed by atoms with E-state index in [1.165, 1.54) is 13.2 Å². The number of halogens is 3. The summed E-state index contributed by atoms with van der Waals surface area (Å²) in [4.78, 5) is 29.7. The van der Waals surface area contributed by atoms with E-state index >= 15 is 0 Å². The number of rotatable bonds is 6. The molecule has 1 saturated carbocycles. The van der Waals surface area contributed by atoms with Crippen LogP contribution in [0, 0.1) is 10.1 Å². The van der Waals surface area contributed by atoms with E-state index < -0.39 is 22.4 Å². The van der Waals surface area contributed by atoms with Crippen LogP contribution in [0.25, 0.3) is 0 Å². The second-order valence-corrected chi connectivity index (χ2v) is 9.02. The van der Waals surface area contributed by atoms with E-state index in [-0.39, 0.29) is 23.9 Å². The van der Waals surface area contributed by atoms with E-state index in [0.29, 0.717) is 57.7 Å². The second-order valence-electron chi connectivity index (χ2n) is 9.02. The van der Waals surface area contributed by atoms with Crippen molar-refractivity contribution in [3.63, 3.8) is 0 Å². The van der Waals surface area contributed by atoms with Crippen molar-refractivity contribution in [2.45, 2.75) is 44.0 Å². The van der Waals surface area contributed by atoms with Crippen molar-refractivity contribution in [2.75, 3.05) is 43.5 Å². The lowest BCUT2D eigenvalue weighted by molar-refractivity contribution is -0.388. The number of piperazine rings is 1. The van der Waals surface area contributed by atoms with Crippen LogP contribution in [0.1, 0.15) is 31.2 Å². The van der Waals surface area contributed by atoms with E-state index in [4.69, 9.17) is 9.47 Å². The van der Waals surface area contributed by atoms with Crippen LogP contribution < -0.4 is 15.0 Å². The first-order valence-corrected chi connectivity index (χ1v) is 12.0. The molecular formula is C24H28F3N5O5. The maximum absolute atomic E-state index is 13.3. The molecule has 10 nitrogen and oxygen atoms in total. The quantitative estimate of drug-likeness (QED) is 0.429. The van der Waals surface area contributed by atoms with Gasteiger partial charge in [-0.2, -0.15) is 13.2 Å². The lowest BCUT2D eigenvalue weighted by atomic mass is 9.92. The van der Waals surface area contributed by atoms with Crippen molar-refractivity contribution < 1.29 is 32.4 Å². The molecule has 200 valence electrons. The van der Waals surface area contributed by atoms with E-state index in [9.17, 15) is 28.1 Å². The van der Waals surface area contributed by atoms with Crippen LogP contribution in [0.3, 0.4) is 0 Å². The highest BCUT2D eigenvalue weighted by Crippen LogP contribution is 2.38. The van der Waals surface area contributed by atoms with Crippen LogP contribution >= 0.6 is 0 Å². The number of nitro benzene ring substituents is 1. The van der Waals surface area contributed by atoms with Gasteiger partial charge in [0.1, 0.15) is 11.7 Å². The molecule has 1 saturated heterocycles. The fourth-order valence-corrected chi connectivity index (χ4v) is 4.68. The number of nitro groups is 1. The lowest BCUT2D eigenvalue weighted by Crippen LogP contribution is -2.48. The maximum Gasteiger partial charge on any atom is 0.423 e. The van der Waals surface area contributed by atoms with Crippen molar-refractivity contribution in [2.24, 2.45) is 0 Å². The summed E-state index contributed by atoms with van der Waals surface area (Å²) in [6, 6.07) is 6.66. The Balaban J connectivity index is 1.30. The number of nitrogens with zero attached hydrogens (tertiary/aromatic N) is 4. The third-order valence-electron chi connectivity index (χ3n) is 6.63. The van der Waals surface area contributed by atoms with Gasteiger partial charge in [-0.05, 0) is 43.9 Å². The lowest BCUT2D eigenvalue weighted by Gasteiger charge is -2.35. The monoisotopic (exact) mass is 523 g/mol. The van der Waals surface area contributed by atoms with Crippen LogP contribution in [-0.4, -0.2) is 66.3 Å². The van der Waals surface area contributed by atoms with Gasteiger partial charge in [0.15, 0.2) is 0 Å². The number of benzene rings is 1. The Labute approximate surface area is 211 Å². The topological polar surface area (TPSA) is 110 Å². The van der Waals surface area contributed by atoms with Crippen LogP contribution in [0.5, 0.6) is 5.88 Å². The molecule has 2 aliphatic rings. The Morgan fingerprint density at radius 1 is 1.11 bits per heavy atom. The molecule has 0 bridgehead atoms. The number of ether oxygens (including phenoxy) is 2. The number of methoxy groups -OCH3 is 1. The van der Waals surface area contributed by atoms with Gasteiger partial charge in [-0.25, -0.2) is 9.78 Å². The van der Waals surface area contributed by atoms with Gasteiger partial charge in [0, 0.05) is 61.9 Å². The van der Waals surface area contributed by atoms with Gasteiger partial charge in [-0.1, -0.05) is 0 Å². The summed E-state index contributed by atoms with van der Waals surface area (Å²) in [6.07, 6.45) is -0.867. The van der Waals surface area contributed by atoms with Crippen LogP contribution in [0.15, 0.2) is 36.5 Å². The number of pyridine rings is 1. The highest BCUT2D eigenvalue weighted by molar-refractivity contribution is 5.68. The molecule has 2 fully saturated rings. The first-order valence-electron chi connectivity index (χ1n) is 12.0. The zero-order chi connectivity index (χ0) is 26.6. The first kappa shape index (κ1) is 26.3. The van der Waals surface area contributed by atoms with Gasteiger partial charge in [0.2, 0.25) is 5.88 Å². The molecule has 2 aromatic rings. The van der Waals surface area contributed by atoms with Crippen molar-refractivity contribution in [1.29, 1.82) is 0 Å². The van der Waals surface area contributed by atoms with E-state index in [1.54, 1.807) is 11.1 Å². The maximum atomic E-state index is 13.3. The summed E-state index contributed by atoms with van der Waals surface area (Å²) in [7, 11) is 1.37. The number of carbonyl (C=O) groups excluding carboxylic acids is 1. The van der Waals surface area contributed by atoms with Crippen molar-refractivity contribution in [3.8, 4) is 5.88 Å². The molecule has 0 atom stereocenters. The minimum Gasteiger partial charge on any atom is -0.474 e. The predicted octanol–water partition coefficient (Wildman–Crippen LogP) is 4.70. The Kier molecular flexibility index (Phi) is 7.89. The molecule has 1 aliphatic carbocycles. The average Bonchev–Trinajstić information content (AvgIpc) is 2.89. The fourth-order valence-electron chi connectivity index (χ4n) is 4.68. The van der Waals surface area contributed by atoms with Crippen molar-refractivity contribution >= 4 is 23.2 Å². The Morgan fingerprint density at radius 2 is 1.81 bits per heavy atom. The molecule has 2 heterocycles. The minimum absolute atomic E-state index is 0.0761. The van der Waals surface area contributed by atoms with Gasteiger partial charge < -0.3 is 24.6 Å². The zero-order valence-corrected chi connectivity index (χ0v) is 20.2. The largest absolute Gasteiger partial charge is 0.474 e. The number of amides is 1. The van der Waals surface area contributed by atoms with Gasteiger partial charge in [-0.15, -0.1) is 0 Å². The Hall–Kier alpha value is -3.77. The fraction of sp³-hybridized carbons (Fsp3) is 0.500. The number of hydrogen-bond donors (Lipinski definition) is 1. The summed E-state index contributed by atoms with van der Waals surface area (Å²) in [5.41, 5.74) is -1.08. The SMILES string of the molecule is COC(=O)N1CCN(c2ccnc(O[C@H]3CC[C@H](Nc4ccc([N+](=O)[O-])c(C(F)(F)F)c4)CC3)c2)CC1. The predicted molar refractivity (Wildman–Crippen MR) is 129 cm³/mol. The number of nitrogens with one attached hydrogen (secondary N) is 1. The van der Waals surface area contributed by atoms with Crippen LogP contribution in [0.4, 0.5) is 35.0 Å². The number of aromatic nitrogens is 1. The molecule has 1 aliphatic heterocycles. The molecule has 13 heteroatoms. The van der Waals surface area contributed by atoms with E-state index in [2.05, 4.69) is 15.2 Å². The standard InChI is InChI=1S/C24H28F3N5O5/c1-36-23(33)31-12-10-30(11-13-31)18-8-9-28-22(15-18)37-19-5-2-16(3-6-19)29-17-4-7-21(32(34)35)20(14-17)24(25,26)27/h4,7-9,14-16,19,29H,2-3,5-6,10-13H2,1H3/t16-,19-. The summed E-state index contributed by atoms with van der Waals surface area (Å²) in [5, 5.41) is 14.0. The highest BCUT2D eigenvalue weighted by atomic mass is 19.4. The molecule has 1 aromatic carbocycles. The summed E-state index contributed by atoms with van der Waals surface area (Å²) < 4.78 is 50.6. The molecule has 4 rings (SSSR count). The van der Waals surface area contributed by atoms with E-state index in [0.717, 1.165) is 17.8 Å². The number of hydrogen-bond acceptors (Lipinski definition) is 8. The number of anilines is 2. The molecule has 0 spiro atoms. The van der Waals surface area contributed by atoms with Crippen LogP contribution in [0.2, 0.25) is 0 Å². The van der Waals surface area contributed by atoms with Crippen molar-refractivity contribution in [1.82, 2.24) is 9.88 Å².